The van der Waals surface area contributed by atoms with Gasteiger partial charge in [0.25, 0.3) is 0 Å². The Morgan fingerprint density at radius 1 is 0.526 bits per heavy atom. The highest BCUT2D eigenvalue weighted by Crippen LogP contribution is 2.58. The van der Waals surface area contributed by atoms with Gasteiger partial charge >= 0.3 is 0 Å². The fourth-order valence-electron chi connectivity index (χ4n) is 3.43. The summed E-state index contributed by atoms with van der Waals surface area (Å²) in [7, 11) is -0.282. The summed E-state index contributed by atoms with van der Waals surface area (Å²) >= 11 is 0. The second kappa shape index (κ2) is 7.36. The molecule has 3 aliphatic rings. The lowest BCUT2D eigenvalue weighted by molar-refractivity contribution is 0.0228. The predicted octanol–water partition coefficient (Wildman–Crippen LogP) is 4.05. The topological polar surface area (TPSA) is 27.7 Å². The standard InChI is InChI=1S/C15H27O3P/c1-4-10-16-13(7-1)19(14-8-2-5-11-17-14)15-9-3-6-12-18-15/h13-15H,1-12H2. The van der Waals surface area contributed by atoms with Gasteiger partial charge in [-0.25, -0.2) is 0 Å². The number of ether oxygens (including phenoxy) is 3. The molecule has 4 heteroatoms. The zero-order valence-electron chi connectivity index (χ0n) is 11.9. The molecule has 3 aliphatic heterocycles. The molecule has 0 bridgehead atoms. The Kier molecular flexibility index (Phi) is 5.52. The molecule has 0 N–H and O–H groups in total. The monoisotopic (exact) mass is 286 g/mol. The Balaban J connectivity index is 1.68. The summed E-state index contributed by atoms with van der Waals surface area (Å²) in [6.45, 7) is 2.84. The van der Waals surface area contributed by atoms with Crippen LogP contribution in [0.1, 0.15) is 57.8 Å². The summed E-state index contributed by atoms with van der Waals surface area (Å²) in [4.78, 5) is 0. The molecule has 3 saturated heterocycles. The first-order valence-corrected chi connectivity index (χ1v) is 9.62. The van der Waals surface area contributed by atoms with Gasteiger partial charge in [-0.15, -0.1) is 0 Å². The van der Waals surface area contributed by atoms with Gasteiger partial charge in [-0.1, -0.05) is 0 Å². The van der Waals surface area contributed by atoms with Crippen LogP contribution in [0.3, 0.4) is 0 Å². The van der Waals surface area contributed by atoms with Crippen molar-refractivity contribution in [3.63, 3.8) is 0 Å². The molecule has 0 spiro atoms. The van der Waals surface area contributed by atoms with Crippen molar-refractivity contribution < 1.29 is 14.2 Å². The first-order chi connectivity index (χ1) is 9.45. The van der Waals surface area contributed by atoms with Gasteiger partial charge in [-0.2, -0.15) is 0 Å². The summed E-state index contributed by atoms with van der Waals surface area (Å²) in [6, 6.07) is 0. The number of rotatable bonds is 3. The molecule has 0 amide bonds. The fourth-order valence-corrected chi connectivity index (χ4v) is 6.82. The molecular formula is C15H27O3P. The first-order valence-electron chi connectivity index (χ1n) is 8.07. The third-order valence-corrected chi connectivity index (χ3v) is 7.68. The third kappa shape index (κ3) is 3.69. The highest BCUT2D eigenvalue weighted by Gasteiger charge is 2.39. The molecule has 110 valence electrons. The second-order valence-corrected chi connectivity index (χ2v) is 8.53. The van der Waals surface area contributed by atoms with Crippen LogP contribution in [0.15, 0.2) is 0 Å². The highest BCUT2D eigenvalue weighted by atomic mass is 31.1. The van der Waals surface area contributed by atoms with Crippen molar-refractivity contribution in [2.24, 2.45) is 0 Å². The maximum Gasteiger partial charge on any atom is 0.0815 e. The fraction of sp³-hybridized carbons (Fsp3) is 1.00. The highest BCUT2D eigenvalue weighted by molar-refractivity contribution is 7.59. The van der Waals surface area contributed by atoms with Gasteiger partial charge in [0.2, 0.25) is 0 Å². The van der Waals surface area contributed by atoms with E-state index in [1.807, 2.05) is 0 Å². The van der Waals surface area contributed by atoms with Gasteiger partial charge in [-0.05, 0) is 65.7 Å². The van der Waals surface area contributed by atoms with Crippen molar-refractivity contribution >= 4 is 7.92 Å². The van der Waals surface area contributed by atoms with Crippen molar-refractivity contribution in [3.8, 4) is 0 Å². The van der Waals surface area contributed by atoms with E-state index in [9.17, 15) is 0 Å². The molecule has 3 nitrogen and oxygen atoms in total. The van der Waals surface area contributed by atoms with Crippen LogP contribution in [-0.4, -0.2) is 37.4 Å². The van der Waals surface area contributed by atoms with Crippen LogP contribution in [0.25, 0.3) is 0 Å². The van der Waals surface area contributed by atoms with E-state index in [1.54, 1.807) is 0 Å². The maximum absolute atomic E-state index is 6.12. The van der Waals surface area contributed by atoms with E-state index in [4.69, 9.17) is 14.2 Å². The van der Waals surface area contributed by atoms with Gasteiger partial charge < -0.3 is 14.2 Å². The van der Waals surface area contributed by atoms with E-state index in [0.29, 0.717) is 17.5 Å². The lowest BCUT2D eigenvalue weighted by Crippen LogP contribution is -2.33. The molecule has 3 heterocycles. The van der Waals surface area contributed by atoms with Crippen molar-refractivity contribution in [2.75, 3.05) is 19.8 Å². The van der Waals surface area contributed by atoms with Crippen LogP contribution in [0.5, 0.6) is 0 Å². The zero-order chi connectivity index (χ0) is 12.9. The largest absolute Gasteiger partial charge is 0.374 e. The average Bonchev–Trinajstić information content (AvgIpc) is 2.51. The minimum atomic E-state index is -0.282. The molecule has 0 aromatic rings. The lowest BCUT2D eigenvalue weighted by Gasteiger charge is -2.42. The molecule has 0 aromatic carbocycles. The zero-order valence-corrected chi connectivity index (χ0v) is 12.8. The van der Waals surface area contributed by atoms with Gasteiger partial charge in [0.05, 0.1) is 17.5 Å². The minimum absolute atomic E-state index is 0.282. The van der Waals surface area contributed by atoms with Crippen molar-refractivity contribution in [2.45, 2.75) is 75.3 Å². The Labute approximate surface area is 118 Å². The predicted molar refractivity (Wildman–Crippen MR) is 77.7 cm³/mol. The van der Waals surface area contributed by atoms with E-state index in [2.05, 4.69) is 0 Å². The van der Waals surface area contributed by atoms with E-state index >= 15 is 0 Å². The summed E-state index contributed by atoms with van der Waals surface area (Å²) in [6.07, 6.45) is 11.3. The van der Waals surface area contributed by atoms with Gasteiger partial charge in [0.1, 0.15) is 0 Å². The van der Waals surface area contributed by atoms with Crippen molar-refractivity contribution in [1.29, 1.82) is 0 Å². The Hall–Kier alpha value is 0.310. The van der Waals surface area contributed by atoms with Gasteiger partial charge in [0.15, 0.2) is 0 Å². The van der Waals surface area contributed by atoms with Crippen LogP contribution < -0.4 is 0 Å². The van der Waals surface area contributed by atoms with Crippen LogP contribution in [0.4, 0.5) is 0 Å². The first kappa shape index (κ1) is 14.3. The molecule has 0 aromatic heterocycles. The molecule has 3 unspecified atom stereocenters. The molecule has 0 aliphatic carbocycles. The van der Waals surface area contributed by atoms with Crippen LogP contribution >= 0.6 is 7.92 Å². The molecule has 3 atom stereocenters. The maximum atomic E-state index is 6.12. The lowest BCUT2D eigenvalue weighted by atomic mass is 10.2. The molecule has 3 fully saturated rings. The Morgan fingerprint density at radius 3 is 1.16 bits per heavy atom. The van der Waals surface area contributed by atoms with Gasteiger partial charge in [0, 0.05) is 19.8 Å². The van der Waals surface area contributed by atoms with Crippen molar-refractivity contribution in [1.82, 2.24) is 0 Å². The van der Waals surface area contributed by atoms with Crippen LogP contribution in [0, 0.1) is 0 Å². The summed E-state index contributed by atoms with van der Waals surface area (Å²) in [5.41, 5.74) is 0. The van der Waals surface area contributed by atoms with Crippen LogP contribution in [0.2, 0.25) is 0 Å². The average molecular weight is 286 g/mol. The van der Waals surface area contributed by atoms with E-state index < -0.39 is 0 Å². The Morgan fingerprint density at radius 2 is 0.895 bits per heavy atom. The molecule has 0 radical (unpaired) electrons. The second-order valence-electron chi connectivity index (χ2n) is 5.91. The minimum Gasteiger partial charge on any atom is -0.374 e. The third-order valence-electron chi connectivity index (χ3n) is 4.46. The number of hydrogen-bond donors (Lipinski definition) is 0. The summed E-state index contributed by atoms with van der Waals surface area (Å²) < 4.78 is 18.3. The van der Waals surface area contributed by atoms with E-state index in [0.717, 1.165) is 19.8 Å². The Bertz CT molecular complexity index is 213. The van der Waals surface area contributed by atoms with E-state index in [-0.39, 0.29) is 7.92 Å². The molecule has 19 heavy (non-hydrogen) atoms. The molecular weight excluding hydrogens is 259 g/mol. The normalized spacial score (nSPS) is 38.8. The quantitative estimate of drug-likeness (QED) is 0.733. The van der Waals surface area contributed by atoms with Crippen molar-refractivity contribution in [3.05, 3.63) is 0 Å². The molecule has 3 rings (SSSR count). The molecule has 0 saturated carbocycles. The van der Waals surface area contributed by atoms with Crippen LogP contribution in [-0.2, 0) is 14.2 Å². The van der Waals surface area contributed by atoms with Gasteiger partial charge in [-0.3, -0.25) is 0 Å². The summed E-state index contributed by atoms with van der Waals surface area (Å²) in [5.74, 6) is 1.32. The SMILES string of the molecule is C1CCC(P(C2CCCCO2)C2CCCCO2)OC1. The summed E-state index contributed by atoms with van der Waals surface area (Å²) in [5, 5.41) is 0. The van der Waals surface area contributed by atoms with E-state index in [1.165, 1.54) is 57.8 Å². The number of hydrogen-bond acceptors (Lipinski definition) is 3. The smallest absolute Gasteiger partial charge is 0.0815 e.